The lowest BCUT2D eigenvalue weighted by Gasteiger charge is -2.19. The van der Waals surface area contributed by atoms with Crippen LogP contribution < -0.4 is 15.8 Å². The summed E-state index contributed by atoms with van der Waals surface area (Å²) in [6.45, 7) is 2.49. The molecule has 0 bridgehead atoms. The summed E-state index contributed by atoms with van der Waals surface area (Å²) >= 11 is 0. The van der Waals surface area contributed by atoms with Crippen LogP contribution in [0.3, 0.4) is 0 Å². The molecule has 1 atom stereocenters. The zero-order valence-electron chi connectivity index (χ0n) is 15.8. The van der Waals surface area contributed by atoms with Crippen molar-refractivity contribution >= 4 is 24.1 Å². The topological polar surface area (TPSA) is 97.4 Å². The number of nitrogens with one attached hydrogen (secondary N) is 2. The maximum Gasteiger partial charge on any atom is 0.254 e. The summed E-state index contributed by atoms with van der Waals surface area (Å²) in [7, 11) is 1.45. The van der Waals surface area contributed by atoms with Gasteiger partial charge in [0, 0.05) is 30.3 Å². The minimum absolute atomic E-state index is 0. The first-order valence-corrected chi connectivity index (χ1v) is 8.62. The number of carbonyl (C=O) groups excluding carboxylic acids is 1. The van der Waals surface area contributed by atoms with E-state index < -0.39 is 17.8 Å². The molecular formula is C20H25ClFN3O3. The van der Waals surface area contributed by atoms with Crippen molar-refractivity contribution < 1.29 is 18.7 Å². The Morgan fingerprint density at radius 3 is 2.46 bits per heavy atom. The summed E-state index contributed by atoms with van der Waals surface area (Å²) in [6.07, 6.45) is -0.346. The quantitative estimate of drug-likeness (QED) is 0.437. The number of rotatable bonds is 9. The Morgan fingerprint density at radius 2 is 1.93 bits per heavy atom. The average Bonchev–Trinajstić information content (AvgIpc) is 2.67. The minimum Gasteiger partial charge on any atom is -0.497 e. The fourth-order valence-corrected chi connectivity index (χ4v) is 2.47. The molecule has 0 aliphatic rings. The van der Waals surface area contributed by atoms with Crippen LogP contribution in [-0.2, 0) is 16.1 Å². The zero-order valence-corrected chi connectivity index (χ0v) is 16.6. The van der Waals surface area contributed by atoms with Crippen LogP contribution in [0.5, 0.6) is 5.75 Å². The summed E-state index contributed by atoms with van der Waals surface area (Å²) in [5.74, 6) is -0.635. The standard InChI is InChI=1S/C20H24FN3O3.ClH/c1-3-10-27-18(16-9-8-15(26-2)11-17(16)21)20(25)24-12-13-4-6-14(7-5-13)19(22)23;/h4-9,11,18H,3,10,12H2,1-2H3,(H3,22,23)(H,24,25);1H/t18-;/m0./s1. The Labute approximate surface area is 170 Å². The predicted molar refractivity (Wildman–Crippen MR) is 108 cm³/mol. The SMILES string of the molecule is CCCO[C@H](C(=O)NCc1ccc(C(=N)N)cc1)c1ccc(OC)cc1F.Cl. The first kappa shape index (κ1) is 23.4. The third-order valence-electron chi connectivity index (χ3n) is 3.95. The van der Waals surface area contributed by atoms with Gasteiger partial charge in [0.05, 0.1) is 7.11 Å². The van der Waals surface area contributed by atoms with E-state index in [-0.39, 0.29) is 30.4 Å². The van der Waals surface area contributed by atoms with Crippen LogP contribution in [0.15, 0.2) is 42.5 Å². The van der Waals surface area contributed by atoms with Gasteiger partial charge in [-0.05, 0) is 24.1 Å². The summed E-state index contributed by atoms with van der Waals surface area (Å²) < 4.78 is 25.0. The molecule has 2 rings (SSSR count). The number of benzene rings is 2. The van der Waals surface area contributed by atoms with E-state index in [4.69, 9.17) is 20.6 Å². The van der Waals surface area contributed by atoms with Gasteiger partial charge in [0.15, 0.2) is 6.10 Å². The van der Waals surface area contributed by atoms with E-state index in [0.29, 0.717) is 24.3 Å². The number of hydrogen-bond donors (Lipinski definition) is 3. The number of methoxy groups -OCH3 is 1. The molecule has 28 heavy (non-hydrogen) atoms. The second-order valence-electron chi connectivity index (χ2n) is 5.97. The smallest absolute Gasteiger partial charge is 0.254 e. The van der Waals surface area contributed by atoms with Gasteiger partial charge in [-0.25, -0.2) is 4.39 Å². The van der Waals surface area contributed by atoms with Crippen molar-refractivity contribution in [3.63, 3.8) is 0 Å². The first-order valence-electron chi connectivity index (χ1n) is 8.62. The normalized spacial score (nSPS) is 11.2. The van der Waals surface area contributed by atoms with Crippen LogP contribution in [-0.4, -0.2) is 25.5 Å². The van der Waals surface area contributed by atoms with Crippen LogP contribution in [0.1, 0.15) is 36.1 Å². The summed E-state index contributed by atoms with van der Waals surface area (Å²) in [5, 5.41) is 10.2. The molecule has 0 aromatic heterocycles. The fourth-order valence-electron chi connectivity index (χ4n) is 2.47. The molecule has 4 N–H and O–H groups in total. The molecule has 0 saturated heterocycles. The van der Waals surface area contributed by atoms with Crippen LogP contribution in [0, 0.1) is 11.2 Å². The minimum atomic E-state index is -1.05. The number of nitrogen functional groups attached to an aromatic ring is 1. The van der Waals surface area contributed by atoms with Crippen molar-refractivity contribution in [3.05, 3.63) is 65.0 Å². The van der Waals surface area contributed by atoms with Crippen LogP contribution in [0.25, 0.3) is 0 Å². The second-order valence-corrected chi connectivity index (χ2v) is 5.97. The molecular weight excluding hydrogens is 385 g/mol. The highest BCUT2D eigenvalue weighted by Gasteiger charge is 2.24. The third-order valence-corrected chi connectivity index (χ3v) is 3.95. The summed E-state index contributed by atoms with van der Waals surface area (Å²) in [6, 6.07) is 11.3. The summed E-state index contributed by atoms with van der Waals surface area (Å²) in [4.78, 5) is 12.6. The number of halogens is 2. The van der Waals surface area contributed by atoms with E-state index >= 15 is 0 Å². The number of ether oxygens (including phenoxy) is 2. The number of nitrogens with two attached hydrogens (primary N) is 1. The van der Waals surface area contributed by atoms with Crippen LogP contribution >= 0.6 is 12.4 Å². The molecule has 0 radical (unpaired) electrons. The van der Waals surface area contributed by atoms with Gasteiger partial charge < -0.3 is 20.5 Å². The van der Waals surface area contributed by atoms with E-state index in [1.165, 1.54) is 19.2 Å². The van der Waals surface area contributed by atoms with Crippen LogP contribution in [0.4, 0.5) is 4.39 Å². The molecule has 0 saturated carbocycles. The number of hydrogen-bond acceptors (Lipinski definition) is 4. The van der Waals surface area contributed by atoms with Gasteiger partial charge in [0.2, 0.25) is 0 Å². The predicted octanol–water partition coefficient (Wildman–Crippen LogP) is 3.32. The van der Waals surface area contributed by atoms with E-state index in [1.54, 1.807) is 30.3 Å². The van der Waals surface area contributed by atoms with Crippen molar-refractivity contribution in [2.75, 3.05) is 13.7 Å². The average molecular weight is 410 g/mol. The van der Waals surface area contributed by atoms with E-state index in [9.17, 15) is 9.18 Å². The van der Waals surface area contributed by atoms with Crippen molar-refractivity contribution in [3.8, 4) is 5.75 Å². The van der Waals surface area contributed by atoms with Gasteiger partial charge in [-0.2, -0.15) is 0 Å². The van der Waals surface area contributed by atoms with E-state index in [1.807, 2.05) is 6.92 Å². The highest BCUT2D eigenvalue weighted by atomic mass is 35.5. The molecule has 152 valence electrons. The summed E-state index contributed by atoms with van der Waals surface area (Å²) in [5.41, 5.74) is 7.02. The van der Waals surface area contributed by atoms with Crippen LogP contribution in [0.2, 0.25) is 0 Å². The Hall–Kier alpha value is -2.64. The molecule has 1 amide bonds. The first-order chi connectivity index (χ1) is 13.0. The van der Waals surface area contributed by atoms with Gasteiger partial charge in [-0.15, -0.1) is 12.4 Å². The molecule has 0 aliphatic heterocycles. The molecule has 0 fully saturated rings. The van der Waals surface area contributed by atoms with Gasteiger partial charge >= 0.3 is 0 Å². The fraction of sp³-hybridized carbons (Fsp3) is 0.300. The highest BCUT2D eigenvalue weighted by molar-refractivity contribution is 5.94. The van der Waals surface area contributed by atoms with Crippen molar-refractivity contribution in [1.82, 2.24) is 5.32 Å². The highest BCUT2D eigenvalue weighted by Crippen LogP contribution is 2.25. The molecule has 0 heterocycles. The second kappa shape index (κ2) is 11.3. The van der Waals surface area contributed by atoms with E-state index in [0.717, 1.165) is 5.56 Å². The zero-order chi connectivity index (χ0) is 19.8. The lowest BCUT2D eigenvalue weighted by Crippen LogP contribution is -2.31. The van der Waals surface area contributed by atoms with Gasteiger partial charge in [-0.1, -0.05) is 31.2 Å². The molecule has 2 aromatic rings. The number of carbonyl (C=O) groups is 1. The number of amidine groups is 1. The maximum absolute atomic E-state index is 14.4. The van der Waals surface area contributed by atoms with Gasteiger partial charge in [0.25, 0.3) is 5.91 Å². The van der Waals surface area contributed by atoms with Crippen molar-refractivity contribution in [2.24, 2.45) is 5.73 Å². The lowest BCUT2D eigenvalue weighted by molar-refractivity contribution is -0.133. The van der Waals surface area contributed by atoms with Crippen molar-refractivity contribution in [2.45, 2.75) is 26.0 Å². The van der Waals surface area contributed by atoms with Gasteiger partial charge in [0.1, 0.15) is 17.4 Å². The molecule has 0 spiro atoms. The van der Waals surface area contributed by atoms with E-state index in [2.05, 4.69) is 5.32 Å². The molecule has 2 aromatic carbocycles. The van der Waals surface area contributed by atoms with Crippen molar-refractivity contribution in [1.29, 1.82) is 5.41 Å². The Morgan fingerprint density at radius 1 is 1.25 bits per heavy atom. The monoisotopic (exact) mass is 409 g/mol. The Balaban J connectivity index is 0.00000392. The van der Waals surface area contributed by atoms with Gasteiger partial charge in [-0.3, -0.25) is 10.2 Å². The number of amides is 1. The lowest BCUT2D eigenvalue weighted by atomic mass is 10.1. The molecule has 0 unspecified atom stereocenters. The maximum atomic E-state index is 14.4. The largest absolute Gasteiger partial charge is 0.497 e. The molecule has 0 aliphatic carbocycles. The third kappa shape index (κ3) is 6.21. The molecule has 6 nitrogen and oxygen atoms in total. The Bertz CT molecular complexity index is 800. The Kier molecular flexibility index (Phi) is 9.41. The molecule has 8 heteroatoms.